The lowest BCUT2D eigenvalue weighted by Gasteiger charge is -2.16. The highest BCUT2D eigenvalue weighted by molar-refractivity contribution is 5.94. The number of amides is 1. The molecule has 2 nitrogen and oxygen atoms in total. The molecular weight excluding hydrogens is 234 g/mol. The van der Waals surface area contributed by atoms with Gasteiger partial charge in [-0.2, -0.15) is 0 Å². The molecule has 104 valence electrons. The number of carbonyl (C=O) groups excluding carboxylic acids is 1. The Labute approximate surface area is 116 Å². The van der Waals surface area contributed by atoms with Crippen molar-refractivity contribution in [2.24, 2.45) is 0 Å². The average Bonchev–Trinajstić information content (AvgIpc) is 3.07. The standard InChI is InChI=1S/C17H25NO/c1-11(2)13-8-14(16(19)18-12(3)4)10-15(9-13)17(5)6-7-17/h8-12H,6-7H2,1-5H3,(H,18,19). The molecule has 0 spiro atoms. The van der Waals surface area contributed by atoms with Gasteiger partial charge in [-0.3, -0.25) is 4.79 Å². The molecule has 1 amide bonds. The number of rotatable bonds is 4. The molecule has 1 N–H and O–H groups in total. The average molecular weight is 259 g/mol. The third-order valence-electron chi connectivity index (χ3n) is 4.00. The van der Waals surface area contributed by atoms with Crippen molar-refractivity contribution in [3.63, 3.8) is 0 Å². The lowest BCUT2D eigenvalue weighted by molar-refractivity contribution is 0.0943. The number of benzene rings is 1. The van der Waals surface area contributed by atoms with Crippen LogP contribution in [0.25, 0.3) is 0 Å². The summed E-state index contributed by atoms with van der Waals surface area (Å²) in [5, 5.41) is 2.99. The molecule has 1 aliphatic rings. The Morgan fingerprint density at radius 1 is 1.16 bits per heavy atom. The van der Waals surface area contributed by atoms with Crippen LogP contribution in [0.3, 0.4) is 0 Å². The van der Waals surface area contributed by atoms with Crippen LogP contribution >= 0.6 is 0 Å². The zero-order chi connectivity index (χ0) is 14.2. The highest BCUT2D eigenvalue weighted by Crippen LogP contribution is 2.48. The Morgan fingerprint density at radius 3 is 2.26 bits per heavy atom. The summed E-state index contributed by atoms with van der Waals surface area (Å²) in [7, 11) is 0. The SMILES string of the molecule is CC(C)NC(=O)c1cc(C(C)C)cc(C2(C)CC2)c1. The molecule has 0 atom stereocenters. The molecule has 2 heteroatoms. The molecule has 0 radical (unpaired) electrons. The van der Waals surface area contributed by atoms with Gasteiger partial charge < -0.3 is 5.32 Å². The van der Waals surface area contributed by atoms with Crippen LogP contribution in [0.1, 0.15) is 74.9 Å². The molecule has 0 bridgehead atoms. The van der Waals surface area contributed by atoms with Crippen molar-refractivity contribution < 1.29 is 4.79 Å². The van der Waals surface area contributed by atoms with Crippen LogP contribution in [0.5, 0.6) is 0 Å². The fourth-order valence-corrected chi connectivity index (χ4v) is 2.29. The van der Waals surface area contributed by atoms with E-state index in [1.54, 1.807) is 0 Å². The van der Waals surface area contributed by atoms with Gasteiger partial charge in [-0.15, -0.1) is 0 Å². The maximum absolute atomic E-state index is 12.2. The summed E-state index contributed by atoms with van der Waals surface area (Å²) in [6, 6.07) is 6.58. The van der Waals surface area contributed by atoms with Crippen molar-refractivity contribution in [2.45, 2.75) is 64.8 Å². The van der Waals surface area contributed by atoms with E-state index < -0.39 is 0 Å². The van der Waals surface area contributed by atoms with Crippen LogP contribution < -0.4 is 5.32 Å². The van der Waals surface area contributed by atoms with Gasteiger partial charge in [0.25, 0.3) is 5.91 Å². The molecule has 1 saturated carbocycles. The fourth-order valence-electron chi connectivity index (χ4n) is 2.29. The molecular formula is C17H25NO. The van der Waals surface area contributed by atoms with Gasteiger partial charge in [0, 0.05) is 11.6 Å². The highest BCUT2D eigenvalue weighted by Gasteiger charge is 2.39. The normalized spacial score (nSPS) is 16.8. The maximum Gasteiger partial charge on any atom is 0.251 e. The molecule has 1 fully saturated rings. The first-order chi connectivity index (χ1) is 8.82. The van der Waals surface area contributed by atoms with Crippen LogP contribution in [0.2, 0.25) is 0 Å². The summed E-state index contributed by atoms with van der Waals surface area (Å²) in [5.74, 6) is 0.496. The Kier molecular flexibility index (Phi) is 3.71. The van der Waals surface area contributed by atoms with Crippen molar-refractivity contribution >= 4 is 5.91 Å². The fraction of sp³-hybridized carbons (Fsp3) is 0.588. The summed E-state index contributed by atoms with van der Waals surface area (Å²) < 4.78 is 0. The van der Waals surface area contributed by atoms with Crippen LogP contribution in [0.15, 0.2) is 18.2 Å². The Morgan fingerprint density at radius 2 is 1.79 bits per heavy atom. The Hall–Kier alpha value is -1.31. The van der Waals surface area contributed by atoms with Gasteiger partial charge in [-0.25, -0.2) is 0 Å². The topological polar surface area (TPSA) is 29.1 Å². The molecule has 19 heavy (non-hydrogen) atoms. The van der Waals surface area contributed by atoms with E-state index in [-0.39, 0.29) is 11.9 Å². The molecule has 0 aromatic heterocycles. The van der Waals surface area contributed by atoms with E-state index in [1.165, 1.54) is 24.0 Å². The zero-order valence-electron chi connectivity index (χ0n) is 12.7. The minimum atomic E-state index is 0.0444. The second-order valence-corrected chi connectivity index (χ2v) is 6.69. The van der Waals surface area contributed by atoms with Gasteiger partial charge >= 0.3 is 0 Å². The van der Waals surface area contributed by atoms with Crippen molar-refractivity contribution in [3.05, 3.63) is 34.9 Å². The minimum Gasteiger partial charge on any atom is -0.350 e. The van der Waals surface area contributed by atoms with Crippen LogP contribution in [-0.4, -0.2) is 11.9 Å². The second-order valence-electron chi connectivity index (χ2n) is 6.69. The Bertz CT molecular complexity index is 484. The third-order valence-corrected chi connectivity index (χ3v) is 4.00. The van der Waals surface area contributed by atoms with Crippen LogP contribution in [-0.2, 0) is 5.41 Å². The van der Waals surface area contributed by atoms with Crippen molar-refractivity contribution in [1.29, 1.82) is 0 Å². The van der Waals surface area contributed by atoms with Gasteiger partial charge in [-0.05, 0) is 61.3 Å². The van der Waals surface area contributed by atoms with Gasteiger partial charge in [0.05, 0.1) is 0 Å². The molecule has 1 aromatic rings. The minimum absolute atomic E-state index is 0.0444. The van der Waals surface area contributed by atoms with E-state index in [4.69, 9.17) is 0 Å². The van der Waals surface area contributed by atoms with Crippen molar-refractivity contribution in [3.8, 4) is 0 Å². The molecule has 0 heterocycles. The van der Waals surface area contributed by atoms with Crippen LogP contribution in [0.4, 0.5) is 0 Å². The quantitative estimate of drug-likeness (QED) is 0.870. The van der Waals surface area contributed by atoms with E-state index >= 15 is 0 Å². The number of hydrogen-bond donors (Lipinski definition) is 1. The predicted molar refractivity (Wildman–Crippen MR) is 79.7 cm³/mol. The number of hydrogen-bond acceptors (Lipinski definition) is 1. The molecule has 1 aromatic carbocycles. The van der Waals surface area contributed by atoms with E-state index in [1.807, 2.05) is 19.9 Å². The largest absolute Gasteiger partial charge is 0.350 e. The monoisotopic (exact) mass is 259 g/mol. The van der Waals surface area contributed by atoms with Crippen LogP contribution in [0, 0.1) is 0 Å². The summed E-state index contributed by atoms with van der Waals surface area (Å²) >= 11 is 0. The first-order valence-corrected chi connectivity index (χ1v) is 7.28. The van der Waals surface area contributed by atoms with E-state index in [0.29, 0.717) is 11.3 Å². The summed E-state index contributed by atoms with van der Waals surface area (Å²) in [6.45, 7) is 10.6. The lowest BCUT2D eigenvalue weighted by atomic mass is 9.90. The molecule has 1 aliphatic carbocycles. The highest BCUT2D eigenvalue weighted by atomic mass is 16.1. The molecule has 0 saturated heterocycles. The Balaban J connectivity index is 2.37. The van der Waals surface area contributed by atoms with Gasteiger partial charge in [0.2, 0.25) is 0 Å². The van der Waals surface area contributed by atoms with Crippen molar-refractivity contribution in [2.75, 3.05) is 0 Å². The van der Waals surface area contributed by atoms with E-state index in [0.717, 1.165) is 5.56 Å². The number of carbonyl (C=O) groups is 1. The van der Waals surface area contributed by atoms with Gasteiger partial charge in [0.15, 0.2) is 0 Å². The molecule has 2 rings (SSSR count). The summed E-state index contributed by atoms with van der Waals surface area (Å²) in [4.78, 5) is 12.2. The first-order valence-electron chi connectivity index (χ1n) is 7.28. The van der Waals surface area contributed by atoms with Gasteiger partial charge in [-0.1, -0.05) is 26.8 Å². The zero-order valence-corrected chi connectivity index (χ0v) is 12.7. The summed E-state index contributed by atoms with van der Waals surface area (Å²) in [6.07, 6.45) is 2.47. The second kappa shape index (κ2) is 4.99. The predicted octanol–water partition coefficient (Wildman–Crippen LogP) is 4.00. The van der Waals surface area contributed by atoms with E-state index in [9.17, 15) is 4.79 Å². The van der Waals surface area contributed by atoms with Crippen molar-refractivity contribution in [1.82, 2.24) is 5.32 Å². The van der Waals surface area contributed by atoms with Gasteiger partial charge in [0.1, 0.15) is 0 Å². The number of nitrogens with one attached hydrogen (secondary N) is 1. The third kappa shape index (κ3) is 3.17. The molecule has 0 aliphatic heterocycles. The van der Waals surface area contributed by atoms with E-state index in [2.05, 4.69) is 38.2 Å². The first kappa shape index (κ1) is 14.1. The molecule has 0 unspecified atom stereocenters. The lowest BCUT2D eigenvalue weighted by Crippen LogP contribution is -2.30. The maximum atomic E-state index is 12.2. The smallest absolute Gasteiger partial charge is 0.251 e. The summed E-state index contributed by atoms with van der Waals surface area (Å²) in [5.41, 5.74) is 3.70.